The van der Waals surface area contributed by atoms with Crippen molar-refractivity contribution in [3.05, 3.63) is 0 Å². The van der Waals surface area contributed by atoms with Gasteiger partial charge in [0.15, 0.2) is 0 Å². The zero-order chi connectivity index (χ0) is 23.4. The number of alkyl halides is 1. The minimum atomic E-state index is 0.627. The first kappa shape index (κ1) is 32.5. The fourth-order valence-corrected chi connectivity index (χ4v) is 4.88. The topological polar surface area (TPSA) is 12.0 Å². The average molecular weight is 506 g/mol. The largest absolute Gasteiger partial charge is 0.371 e. The standard InChI is InChI=1S/C28H56ClNS2/c29-26-24-22-20-18-16-14-12-10-8-6-4-2-1-3-5-7-9-11-13-15-17-19-21-23-25-27-30-28(31)32/h1-27H2,(H2,30,31,32). The lowest BCUT2D eigenvalue weighted by atomic mass is 10.0. The second-order valence-corrected chi connectivity index (χ2v) is 11.3. The van der Waals surface area contributed by atoms with E-state index in [0.717, 1.165) is 12.4 Å². The van der Waals surface area contributed by atoms with Crippen LogP contribution in [0.5, 0.6) is 0 Å². The first-order valence-corrected chi connectivity index (χ1v) is 15.7. The van der Waals surface area contributed by atoms with E-state index >= 15 is 0 Å². The molecule has 0 amide bonds. The number of thiocarbonyl (C=S) groups is 1. The molecule has 0 saturated carbocycles. The molecule has 0 aromatic rings. The van der Waals surface area contributed by atoms with Gasteiger partial charge in [0.2, 0.25) is 0 Å². The minimum Gasteiger partial charge on any atom is -0.371 e. The van der Waals surface area contributed by atoms with Crippen molar-refractivity contribution < 1.29 is 0 Å². The molecule has 1 N–H and O–H groups in total. The van der Waals surface area contributed by atoms with E-state index in [1.54, 1.807) is 0 Å². The van der Waals surface area contributed by atoms with Crippen LogP contribution in [0.2, 0.25) is 0 Å². The Morgan fingerprint density at radius 3 is 0.875 bits per heavy atom. The molecular formula is C28H56ClNS2. The summed E-state index contributed by atoms with van der Waals surface area (Å²) in [5.41, 5.74) is 0. The molecule has 0 rings (SSSR count). The van der Waals surface area contributed by atoms with Crippen molar-refractivity contribution in [1.29, 1.82) is 0 Å². The summed E-state index contributed by atoms with van der Waals surface area (Å²) in [6, 6.07) is 0. The van der Waals surface area contributed by atoms with E-state index in [4.69, 9.17) is 23.8 Å². The molecule has 0 heterocycles. The van der Waals surface area contributed by atoms with E-state index in [-0.39, 0.29) is 0 Å². The van der Waals surface area contributed by atoms with Crippen molar-refractivity contribution in [3.63, 3.8) is 0 Å². The van der Waals surface area contributed by atoms with Crippen molar-refractivity contribution in [1.82, 2.24) is 5.32 Å². The van der Waals surface area contributed by atoms with E-state index < -0.39 is 0 Å². The molecule has 1 nitrogen and oxygen atoms in total. The van der Waals surface area contributed by atoms with Crippen LogP contribution >= 0.6 is 36.4 Å². The summed E-state index contributed by atoms with van der Waals surface area (Å²) in [6.07, 6.45) is 35.4. The molecule has 0 aliphatic carbocycles. The minimum absolute atomic E-state index is 0.627. The van der Waals surface area contributed by atoms with Crippen molar-refractivity contribution in [3.8, 4) is 0 Å². The van der Waals surface area contributed by atoms with E-state index in [1.807, 2.05) is 0 Å². The number of thiol groups is 1. The summed E-state index contributed by atoms with van der Waals surface area (Å²) in [5.74, 6) is 0.841. The van der Waals surface area contributed by atoms with Crippen LogP contribution in [0.1, 0.15) is 161 Å². The molecule has 192 valence electrons. The normalized spacial score (nSPS) is 11.2. The molecule has 0 atom stereocenters. The van der Waals surface area contributed by atoms with Gasteiger partial charge < -0.3 is 5.32 Å². The van der Waals surface area contributed by atoms with Gasteiger partial charge in [-0.05, 0) is 12.8 Å². The fraction of sp³-hybridized carbons (Fsp3) is 0.964. The van der Waals surface area contributed by atoms with Crippen molar-refractivity contribution in [2.45, 2.75) is 161 Å². The molecule has 0 aliphatic rings. The highest BCUT2D eigenvalue weighted by molar-refractivity contribution is 8.11. The quantitative estimate of drug-likeness (QED) is 0.0498. The van der Waals surface area contributed by atoms with Gasteiger partial charge >= 0.3 is 0 Å². The Morgan fingerprint density at radius 1 is 0.438 bits per heavy atom. The Labute approximate surface area is 218 Å². The summed E-state index contributed by atoms with van der Waals surface area (Å²) in [7, 11) is 0. The lowest BCUT2D eigenvalue weighted by molar-refractivity contribution is 0.516. The van der Waals surface area contributed by atoms with Gasteiger partial charge in [-0.3, -0.25) is 0 Å². The van der Waals surface area contributed by atoms with E-state index in [1.165, 1.54) is 161 Å². The van der Waals surface area contributed by atoms with Gasteiger partial charge in [0.05, 0.1) is 0 Å². The second kappa shape index (κ2) is 29.6. The molecule has 0 aliphatic heterocycles. The number of hydrogen-bond donors (Lipinski definition) is 2. The Balaban J connectivity index is 3.00. The van der Waals surface area contributed by atoms with Crippen LogP contribution in [-0.2, 0) is 0 Å². The molecule has 0 fully saturated rings. The fourth-order valence-electron chi connectivity index (χ4n) is 4.48. The van der Waals surface area contributed by atoms with Crippen LogP contribution in [0.15, 0.2) is 0 Å². The third-order valence-electron chi connectivity index (χ3n) is 6.59. The maximum absolute atomic E-state index is 5.71. The summed E-state index contributed by atoms with van der Waals surface area (Å²) in [4.78, 5) is 0. The average Bonchev–Trinajstić information content (AvgIpc) is 2.78. The lowest BCUT2D eigenvalue weighted by Gasteiger charge is -2.05. The Kier molecular flexibility index (Phi) is 30.1. The highest BCUT2D eigenvalue weighted by atomic mass is 35.5. The summed E-state index contributed by atoms with van der Waals surface area (Å²) < 4.78 is 0.627. The number of halogens is 1. The summed E-state index contributed by atoms with van der Waals surface area (Å²) in [6.45, 7) is 0.985. The smallest absolute Gasteiger partial charge is 0.130 e. The third kappa shape index (κ3) is 30.5. The van der Waals surface area contributed by atoms with E-state index in [9.17, 15) is 0 Å². The monoisotopic (exact) mass is 505 g/mol. The Hall–Kier alpha value is 0.530. The molecule has 0 aromatic heterocycles. The summed E-state index contributed by atoms with van der Waals surface area (Å²) in [5, 5.41) is 3.11. The predicted molar refractivity (Wildman–Crippen MR) is 156 cm³/mol. The number of unbranched alkanes of at least 4 members (excludes halogenated alkanes) is 24. The molecule has 0 bridgehead atoms. The van der Waals surface area contributed by atoms with Gasteiger partial charge in [0.1, 0.15) is 4.32 Å². The van der Waals surface area contributed by atoms with E-state index in [0.29, 0.717) is 4.32 Å². The van der Waals surface area contributed by atoms with E-state index in [2.05, 4.69) is 17.9 Å². The van der Waals surface area contributed by atoms with Crippen LogP contribution in [0.25, 0.3) is 0 Å². The first-order chi connectivity index (χ1) is 15.8. The van der Waals surface area contributed by atoms with Crippen LogP contribution in [-0.4, -0.2) is 16.7 Å². The summed E-state index contributed by atoms with van der Waals surface area (Å²) >= 11 is 14.7. The number of nitrogens with one attached hydrogen (secondary N) is 1. The van der Waals surface area contributed by atoms with Gasteiger partial charge in [0, 0.05) is 12.4 Å². The number of hydrogen-bond acceptors (Lipinski definition) is 1. The van der Waals surface area contributed by atoms with Gasteiger partial charge in [-0.15, -0.1) is 24.2 Å². The van der Waals surface area contributed by atoms with Crippen LogP contribution < -0.4 is 5.32 Å². The first-order valence-electron chi connectivity index (χ1n) is 14.3. The Morgan fingerprint density at radius 2 is 0.656 bits per heavy atom. The second-order valence-electron chi connectivity index (χ2n) is 9.76. The highest BCUT2D eigenvalue weighted by Gasteiger charge is 1.96. The zero-order valence-corrected chi connectivity index (χ0v) is 23.8. The maximum atomic E-state index is 5.71. The maximum Gasteiger partial charge on any atom is 0.130 e. The molecule has 0 radical (unpaired) electrons. The SMILES string of the molecule is S=C(S)NCCCCCCCCCCCCCCCCCCCCCCCCCCCCl. The van der Waals surface area contributed by atoms with Gasteiger partial charge in [-0.2, -0.15) is 0 Å². The van der Waals surface area contributed by atoms with Crippen LogP contribution in [0.4, 0.5) is 0 Å². The van der Waals surface area contributed by atoms with Gasteiger partial charge in [0.25, 0.3) is 0 Å². The van der Waals surface area contributed by atoms with Crippen molar-refractivity contribution >= 4 is 40.8 Å². The van der Waals surface area contributed by atoms with Gasteiger partial charge in [-0.1, -0.05) is 160 Å². The molecule has 0 spiro atoms. The molecular weight excluding hydrogens is 450 g/mol. The number of rotatable bonds is 27. The molecule has 0 aromatic carbocycles. The third-order valence-corrected chi connectivity index (χ3v) is 7.16. The molecule has 0 unspecified atom stereocenters. The predicted octanol–water partition coefficient (Wildman–Crippen LogP) is 10.8. The molecule has 32 heavy (non-hydrogen) atoms. The van der Waals surface area contributed by atoms with Crippen LogP contribution in [0.3, 0.4) is 0 Å². The highest BCUT2D eigenvalue weighted by Crippen LogP contribution is 2.15. The van der Waals surface area contributed by atoms with Gasteiger partial charge in [-0.25, -0.2) is 0 Å². The van der Waals surface area contributed by atoms with Crippen LogP contribution in [0, 0.1) is 0 Å². The molecule has 4 heteroatoms. The Bertz CT molecular complexity index is 365. The lowest BCUT2D eigenvalue weighted by Crippen LogP contribution is -2.17. The molecule has 0 saturated heterocycles. The zero-order valence-electron chi connectivity index (χ0n) is 21.3. The van der Waals surface area contributed by atoms with Crippen molar-refractivity contribution in [2.75, 3.05) is 12.4 Å². The van der Waals surface area contributed by atoms with Crippen molar-refractivity contribution in [2.24, 2.45) is 0 Å².